The van der Waals surface area contributed by atoms with Crippen LogP contribution in [0.25, 0.3) is 0 Å². The van der Waals surface area contributed by atoms with Gasteiger partial charge in [-0.15, -0.1) is 0 Å². The molecule has 0 aliphatic heterocycles. The van der Waals surface area contributed by atoms with Crippen molar-refractivity contribution in [2.45, 2.75) is 6.54 Å². The molecule has 2 rings (SSSR count). The highest BCUT2D eigenvalue weighted by atomic mass is 35.5. The summed E-state index contributed by atoms with van der Waals surface area (Å²) in [7, 11) is 0. The highest BCUT2D eigenvalue weighted by Crippen LogP contribution is 2.24. The van der Waals surface area contributed by atoms with Crippen LogP contribution in [-0.4, -0.2) is 9.91 Å². The molecule has 0 aliphatic rings. The minimum atomic E-state index is -0.502. The highest BCUT2D eigenvalue weighted by Gasteiger charge is 2.15. The lowest BCUT2D eigenvalue weighted by atomic mass is 10.2. The van der Waals surface area contributed by atoms with Crippen molar-refractivity contribution in [2.75, 3.05) is 10.7 Å². The van der Waals surface area contributed by atoms with Crippen LogP contribution in [0.1, 0.15) is 5.56 Å². The molecule has 0 spiro atoms. The molecule has 0 bridgehead atoms. The third-order valence-corrected chi connectivity index (χ3v) is 2.84. The number of hydrazine groups is 1. The quantitative estimate of drug-likeness (QED) is 0.444. The Morgan fingerprint density at radius 2 is 1.95 bits per heavy atom. The highest BCUT2D eigenvalue weighted by molar-refractivity contribution is 6.30. The molecule has 1 heterocycles. The van der Waals surface area contributed by atoms with E-state index < -0.39 is 4.92 Å². The zero-order chi connectivity index (χ0) is 14.5. The van der Waals surface area contributed by atoms with Gasteiger partial charge in [0.2, 0.25) is 5.82 Å². The molecule has 0 amide bonds. The maximum Gasteiger partial charge on any atom is 0.311 e. The number of nitro groups is 1. The second kappa shape index (κ2) is 6.18. The van der Waals surface area contributed by atoms with Gasteiger partial charge in [-0.2, -0.15) is 0 Å². The van der Waals surface area contributed by atoms with Crippen molar-refractivity contribution in [3.05, 3.63) is 57.1 Å². The number of aromatic nitrogens is 1. The molecular formula is C12H12ClN5O2. The van der Waals surface area contributed by atoms with Crippen molar-refractivity contribution in [1.29, 1.82) is 0 Å². The van der Waals surface area contributed by atoms with Crippen molar-refractivity contribution in [3.63, 3.8) is 0 Å². The van der Waals surface area contributed by atoms with Gasteiger partial charge in [0.25, 0.3) is 0 Å². The van der Waals surface area contributed by atoms with Gasteiger partial charge in [-0.1, -0.05) is 23.7 Å². The lowest BCUT2D eigenvalue weighted by Gasteiger charge is -2.08. The van der Waals surface area contributed by atoms with Gasteiger partial charge in [0.15, 0.2) is 0 Å². The smallest absolute Gasteiger partial charge is 0.311 e. The van der Waals surface area contributed by atoms with Crippen molar-refractivity contribution in [2.24, 2.45) is 5.84 Å². The SMILES string of the molecule is NNc1ccc([N+](=O)[O-])c(NCc2ccc(Cl)cc2)n1. The Bertz CT molecular complexity index is 618. The molecule has 1 aromatic heterocycles. The summed E-state index contributed by atoms with van der Waals surface area (Å²) in [5.41, 5.74) is 3.16. The van der Waals surface area contributed by atoms with E-state index in [9.17, 15) is 10.1 Å². The molecule has 7 nitrogen and oxygen atoms in total. The summed E-state index contributed by atoms with van der Waals surface area (Å²) in [6.07, 6.45) is 0. The van der Waals surface area contributed by atoms with E-state index in [-0.39, 0.29) is 11.5 Å². The number of anilines is 2. The van der Waals surface area contributed by atoms with Gasteiger partial charge in [-0.05, 0) is 23.8 Å². The van der Waals surface area contributed by atoms with E-state index in [4.69, 9.17) is 17.4 Å². The van der Waals surface area contributed by atoms with Crippen molar-refractivity contribution < 1.29 is 4.92 Å². The van der Waals surface area contributed by atoms with Crippen LogP contribution in [0.5, 0.6) is 0 Å². The zero-order valence-electron chi connectivity index (χ0n) is 10.3. The molecule has 104 valence electrons. The fourth-order valence-electron chi connectivity index (χ4n) is 1.60. The molecule has 4 N–H and O–H groups in total. The molecule has 0 atom stereocenters. The lowest BCUT2D eigenvalue weighted by Crippen LogP contribution is -2.11. The number of nitrogen functional groups attached to an aromatic ring is 1. The summed E-state index contributed by atoms with van der Waals surface area (Å²) >= 11 is 5.79. The maximum atomic E-state index is 10.9. The summed E-state index contributed by atoms with van der Waals surface area (Å²) in [4.78, 5) is 14.5. The molecule has 1 aromatic carbocycles. The molecule has 0 saturated carbocycles. The van der Waals surface area contributed by atoms with E-state index in [1.54, 1.807) is 12.1 Å². The van der Waals surface area contributed by atoms with Gasteiger partial charge < -0.3 is 10.7 Å². The maximum absolute atomic E-state index is 10.9. The van der Waals surface area contributed by atoms with Crippen LogP contribution < -0.4 is 16.6 Å². The Morgan fingerprint density at radius 1 is 1.25 bits per heavy atom. The summed E-state index contributed by atoms with van der Waals surface area (Å²) in [5.74, 6) is 5.74. The number of nitrogens with two attached hydrogens (primary N) is 1. The Labute approximate surface area is 119 Å². The predicted molar refractivity (Wildman–Crippen MR) is 77.5 cm³/mol. The Morgan fingerprint density at radius 3 is 2.55 bits per heavy atom. The first-order valence-corrected chi connectivity index (χ1v) is 6.08. The minimum absolute atomic E-state index is 0.113. The number of benzene rings is 1. The van der Waals surface area contributed by atoms with Gasteiger partial charge in [-0.3, -0.25) is 10.1 Å². The standard InChI is InChI=1S/C12H12ClN5O2/c13-9-3-1-8(2-4-9)7-15-12-10(18(19)20)5-6-11(16-12)17-14/h1-6H,7,14H2,(H2,15,16,17). The van der Waals surface area contributed by atoms with E-state index in [1.807, 2.05) is 12.1 Å². The molecule has 0 aliphatic carbocycles. The largest absolute Gasteiger partial charge is 0.360 e. The van der Waals surface area contributed by atoms with E-state index in [0.29, 0.717) is 17.4 Å². The predicted octanol–water partition coefficient (Wildman–Crippen LogP) is 2.54. The van der Waals surface area contributed by atoms with Crippen LogP contribution >= 0.6 is 11.6 Å². The van der Waals surface area contributed by atoms with Crippen LogP contribution in [0.3, 0.4) is 0 Å². The second-order valence-electron chi connectivity index (χ2n) is 3.95. The third-order valence-electron chi connectivity index (χ3n) is 2.59. The molecule has 0 saturated heterocycles. The number of hydrogen-bond donors (Lipinski definition) is 3. The number of rotatable bonds is 5. The first-order valence-electron chi connectivity index (χ1n) is 5.70. The normalized spacial score (nSPS) is 10.1. The molecule has 0 fully saturated rings. The average Bonchev–Trinajstić information content (AvgIpc) is 2.46. The Balaban J connectivity index is 2.18. The minimum Gasteiger partial charge on any atom is -0.360 e. The Kier molecular flexibility index (Phi) is 4.34. The number of halogens is 1. The van der Waals surface area contributed by atoms with Crippen LogP contribution in [0, 0.1) is 10.1 Å². The van der Waals surface area contributed by atoms with E-state index in [2.05, 4.69) is 15.7 Å². The first-order chi connectivity index (χ1) is 9.60. The number of nitrogens with one attached hydrogen (secondary N) is 2. The summed E-state index contributed by atoms with van der Waals surface area (Å²) in [5, 5.41) is 14.5. The van der Waals surface area contributed by atoms with Gasteiger partial charge in [-0.25, -0.2) is 10.8 Å². The third kappa shape index (κ3) is 3.34. The average molecular weight is 294 g/mol. The molecule has 2 aromatic rings. The zero-order valence-corrected chi connectivity index (χ0v) is 11.1. The van der Waals surface area contributed by atoms with Crippen LogP contribution in [0.4, 0.5) is 17.3 Å². The number of nitrogens with zero attached hydrogens (tertiary/aromatic N) is 2. The molecular weight excluding hydrogens is 282 g/mol. The fraction of sp³-hybridized carbons (Fsp3) is 0.0833. The van der Waals surface area contributed by atoms with Crippen LogP contribution in [0.15, 0.2) is 36.4 Å². The van der Waals surface area contributed by atoms with Crippen LogP contribution in [-0.2, 0) is 6.54 Å². The first kappa shape index (κ1) is 14.0. The molecule has 20 heavy (non-hydrogen) atoms. The fourth-order valence-corrected chi connectivity index (χ4v) is 1.72. The topological polar surface area (TPSA) is 106 Å². The van der Waals surface area contributed by atoms with Gasteiger partial charge in [0.05, 0.1) is 4.92 Å². The van der Waals surface area contributed by atoms with E-state index in [0.717, 1.165) is 5.56 Å². The summed E-state index contributed by atoms with van der Waals surface area (Å²) < 4.78 is 0. The molecule has 8 heteroatoms. The summed E-state index contributed by atoms with van der Waals surface area (Å²) in [6.45, 7) is 0.388. The van der Waals surface area contributed by atoms with Gasteiger partial charge in [0, 0.05) is 17.6 Å². The van der Waals surface area contributed by atoms with Crippen molar-refractivity contribution >= 4 is 28.9 Å². The van der Waals surface area contributed by atoms with Crippen molar-refractivity contribution in [1.82, 2.24) is 4.98 Å². The van der Waals surface area contributed by atoms with Crippen molar-refractivity contribution in [3.8, 4) is 0 Å². The van der Waals surface area contributed by atoms with Gasteiger partial charge >= 0.3 is 5.69 Å². The number of pyridine rings is 1. The number of hydrogen-bond acceptors (Lipinski definition) is 6. The molecule has 0 unspecified atom stereocenters. The lowest BCUT2D eigenvalue weighted by molar-refractivity contribution is -0.384. The molecule has 0 radical (unpaired) electrons. The van der Waals surface area contributed by atoms with Crippen LogP contribution in [0.2, 0.25) is 5.02 Å². The monoisotopic (exact) mass is 293 g/mol. The van der Waals surface area contributed by atoms with E-state index >= 15 is 0 Å². The van der Waals surface area contributed by atoms with E-state index in [1.165, 1.54) is 12.1 Å². The second-order valence-corrected chi connectivity index (χ2v) is 4.38. The summed E-state index contributed by atoms with van der Waals surface area (Å²) in [6, 6.07) is 9.92. The Hall–Kier alpha value is -2.38. The van der Waals surface area contributed by atoms with Gasteiger partial charge in [0.1, 0.15) is 5.82 Å².